The Bertz CT molecular complexity index is 596. The van der Waals surface area contributed by atoms with Gasteiger partial charge in [-0.2, -0.15) is 0 Å². The molecule has 0 spiro atoms. The van der Waals surface area contributed by atoms with E-state index in [-0.39, 0.29) is 5.84 Å². The number of aryl methyl sites for hydroxylation is 1. The van der Waals surface area contributed by atoms with Crippen LogP contribution in [0.2, 0.25) is 0 Å². The highest BCUT2D eigenvalue weighted by molar-refractivity contribution is 9.10. The van der Waals surface area contributed by atoms with Crippen LogP contribution in [0.3, 0.4) is 0 Å². The Hall–Kier alpha value is -1.26. The molecule has 0 saturated heterocycles. The molecular formula is C14H13BrN2S. The maximum absolute atomic E-state index is 7.60. The number of benzene rings is 2. The fourth-order valence-corrected chi connectivity index (χ4v) is 3.24. The zero-order valence-electron chi connectivity index (χ0n) is 9.91. The number of rotatable bonds is 3. The van der Waals surface area contributed by atoms with E-state index < -0.39 is 0 Å². The summed E-state index contributed by atoms with van der Waals surface area (Å²) < 4.78 is 0.989. The van der Waals surface area contributed by atoms with E-state index in [1.54, 1.807) is 11.8 Å². The Balaban J connectivity index is 2.39. The second-order valence-electron chi connectivity index (χ2n) is 3.97. The highest BCUT2D eigenvalue weighted by Gasteiger charge is 2.08. The molecule has 0 aliphatic heterocycles. The molecule has 0 radical (unpaired) electrons. The Morgan fingerprint density at radius 2 is 2.00 bits per heavy atom. The number of halogens is 1. The van der Waals surface area contributed by atoms with E-state index in [2.05, 4.69) is 41.1 Å². The molecule has 0 fully saturated rings. The van der Waals surface area contributed by atoms with Crippen molar-refractivity contribution >= 4 is 33.5 Å². The minimum absolute atomic E-state index is 0.0950. The first kappa shape index (κ1) is 13.2. The predicted octanol–water partition coefficient (Wildman–Crippen LogP) is 4.19. The van der Waals surface area contributed by atoms with Gasteiger partial charge in [0.25, 0.3) is 0 Å². The molecule has 0 bridgehead atoms. The third-order valence-corrected chi connectivity index (χ3v) is 3.99. The lowest BCUT2D eigenvalue weighted by Gasteiger charge is -2.09. The van der Waals surface area contributed by atoms with Crippen LogP contribution in [0.5, 0.6) is 0 Å². The van der Waals surface area contributed by atoms with Gasteiger partial charge in [0.1, 0.15) is 5.84 Å². The van der Waals surface area contributed by atoms with Gasteiger partial charge in [0.05, 0.1) is 0 Å². The summed E-state index contributed by atoms with van der Waals surface area (Å²) in [5.74, 6) is 0.0950. The number of hydrogen-bond donors (Lipinski definition) is 2. The summed E-state index contributed by atoms with van der Waals surface area (Å²) in [5, 5.41) is 7.60. The van der Waals surface area contributed by atoms with Gasteiger partial charge < -0.3 is 5.73 Å². The molecule has 2 aromatic carbocycles. The first-order valence-corrected chi connectivity index (χ1v) is 7.05. The lowest BCUT2D eigenvalue weighted by atomic mass is 10.2. The molecule has 2 nitrogen and oxygen atoms in total. The Labute approximate surface area is 119 Å². The Morgan fingerprint density at radius 1 is 1.22 bits per heavy atom. The number of nitrogens with one attached hydrogen (secondary N) is 1. The zero-order valence-corrected chi connectivity index (χ0v) is 12.3. The van der Waals surface area contributed by atoms with E-state index in [9.17, 15) is 0 Å². The highest BCUT2D eigenvalue weighted by Crippen LogP contribution is 2.32. The second kappa shape index (κ2) is 5.59. The van der Waals surface area contributed by atoms with Crippen molar-refractivity contribution in [2.75, 3.05) is 0 Å². The van der Waals surface area contributed by atoms with Crippen LogP contribution in [0.15, 0.2) is 56.7 Å². The molecule has 0 heterocycles. The first-order chi connectivity index (χ1) is 8.56. The first-order valence-electron chi connectivity index (χ1n) is 5.45. The van der Waals surface area contributed by atoms with Crippen molar-refractivity contribution in [3.63, 3.8) is 0 Å². The number of hydrogen-bond acceptors (Lipinski definition) is 2. The Kier molecular flexibility index (Phi) is 4.09. The number of nitrogens with two attached hydrogens (primary N) is 1. The molecule has 2 rings (SSSR count). The van der Waals surface area contributed by atoms with E-state index >= 15 is 0 Å². The third-order valence-electron chi connectivity index (χ3n) is 2.45. The van der Waals surface area contributed by atoms with E-state index in [4.69, 9.17) is 11.1 Å². The SMILES string of the molecule is Cc1cccc(Sc2cc(Br)ccc2C(=N)N)c1. The molecule has 0 amide bonds. The summed E-state index contributed by atoms with van der Waals surface area (Å²) >= 11 is 5.07. The standard InChI is InChI=1S/C14H13BrN2S/c1-9-3-2-4-11(7-9)18-13-8-10(15)5-6-12(13)14(16)17/h2-8H,1H3,(H3,16,17). The van der Waals surface area contributed by atoms with Crippen LogP contribution in [-0.4, -0.2) is 5.84 Å². The van der Waals surface area contributed by atoms with Crippen LogP contribution in [0.25, 0.3) is 0 Å². The van der Waals surface area contributed by atoms with Gasteiger partial charge in [0.15, 0.2) is 0 Å². The molecule has 0 aromatic heterocycles. The predicted molar refractivity (Wildman–Crippen MR) is 80.5 cm³/mol. The molecule has 92 valence electrons. The van der Waals surface area contributed by atoms with Gasteiger partial charge in [0.2, 0.25) is 0 Å². The molecule has 0 aliphatic rings. The van der Waals surface area contributed by atoms with Crippen LogP contribution < -0.4 is 5.73 Å². The van der Waals surface area contributed by atoms with Crippen LogP contribution in [0.4, 0.5) is 0 Å². The van der Waals surface area contributed by atoms with Crippen molar-refractivity contribution in [3.05, 3.63) is 58.1 Å². The monoisotopic (exact) mass is 320 g/mol. The summed E-state index contributed by atoms with van der Waals surface area (Å²) in [6, 6.07) is 14.0. The molecular weight excluding hydrogens is 308 g/mol. The highest BCUT2D eigenvalue weighted by atomic mass is 79.9. The van der Waals surface area contributed by atoms with Gasteiger partial charge in [-0.15, -0.1) is 0 Å². The van der Waals surface area contributed by atoms with Gasteiger partial charge in [-0.3, -0.25) is 5.41 Å². The molecule has 2 aromatic rings. The van der Waals surface area contributed by atoms with Crippen molar-refractivity contribution < 1.29 is 0 Å². The number of nitrogen functional groups attached to an aromatic ring is 1. The maximum Gasteiger partial charge on any atom is 0.123 e. The van der Waals surface area contributed by atoms with Crippen molar-refractivity contribution in [2.24, 2.45) is 5.73 Å². The lowest BCUT2D eigenvalue weighted by Crippen LogP contribution is -2.12. The van der Waals surface area contributed by atoms with Gasteiger partial charge in [-0.05, 0) is 37.3 Å². The van der Waals surface area contributed by atoms with E-state index in [0.29, 0.717) is 0 Å². The minimum Gasteiger partial charge on any atom is -0.384 e. The second-order valence-corrected chi connectivity index (χ2v) is 6.00. The van der Waals surface area contributed by atoms with Crippen molar-refractivity contribution in [3.8, 4) is 0 Å². The molecule has 0 unspecified atom stereocenters. The van der Waals surface area contributed by atoms with Crippen molar-refractivity contribution in [1.29, 1.82) is 5.41 Å². The van der Waals surface area contributed by atoms with E-state index in [1.165, 1.54) is 5.56 Å². The molecule has 0 saturated carbocycles. The fraction of sp³-hybridized carbons (Fsp3) is 0.0714. The summed E-state index contributed by atoms with van der Waals surface area (Å²) in [7, 11) is 0. The van der Waals surface area contributed by atoms with Crippen LogP contribution >= 0.6 is 27.7 Å². The lowest BCUT2D eigenvalue weighted by molar-refractivity contribution is 1.31. The van der Waals surface area contributed by atoms with Gasteiger partial charge >= 0.3 is 0 Å². The summed E-state index contributed by atoms with van der Waals surface area (Å²) in [5.41, 5.74) is 7.59. The molecule has 0 atom stereocenters. The van der Waals surface area contributed by atoms with Crippen LogP contribution in [0.1, 0.15) is 11.1 Å². The van der Waals surface area contributed by atoms with E-state index in [1.807, 2.05) is 24.3 Å². The van der Waals surface area contributed by atoms with Gasteiger partial charge in [0, 0.05) is 19.8 Å². The van der Waals surface area contributed by atoms with Gasteiger partial charge in [-0.1, -0.05) is 45.4 Å². The molecule has 4 heteroatoms. The third kappa shape index (κ3) is 3.15. The van der Waals surface area contributed by atoms with Crippen LogP contribution in [0, 0.1) is 12.3 Å². The van der Waals surface area contributed by atoms with E-state index in [0.717, 1.165) is 19.8 Å². The molecule has 3 N–H and O–H groups in total. The molecule has 18 heavy (non-hydrogen) atoms. The fourth-order valence-electron chi connectivity index (χ4n) is 1.61. The smallest absolute Gasteiger partial charge is 0.123 e. The summed E-state index contributed by atoms with van der Waals surface area (Å²) in [6.07, 6.45) is 0. The summed E-state index contributed by atoms with van der Waals surface area (Å²) in [6.45, 7) is 2.07. The summed E-state index contributed by atoms with van der Waals surface area (Å²) in [4.78, 5) is 2.14. The topological polar surface area (TPSA) is 49.9 Å². The average molecular weight is 321 g/mol. The molecule has 0 aliphatic carbocycles. The number of amidine groups is 1. The Morgan fingerprint density at radius 3 is 2.67 bits per heavy atom. The maximum atomic E-state index is 7.60. The minimum atomic E-state index is 0.0950. The zero-order chi connectivity index (χ0) is 13.1. The van der Waals surface area contributed by atoms with Crippen molar-refractivity contribution in [2.45, 2.75) is 16.7 Å². The average Bonchev–Trinajstić information content (AvgIpc) is 2.28. The van der Waals surface area contributed by atoms with Gasteiger partial charge in [-0.25, -0.2) is 0 Å². The van der Waals surface area contributed by atoms with Crippen molar-refractivity contribution in [1.82, 2.24) is 0 Å². The largest absolute Gasteiger partial charge is 0.384 e. The van der Waals surface area contributed by atoms with Crippen LogP contribution in [-0.2, 0) is 0 Å². The quantitative estimate of drug-likeness (QED) is 0.658. The normalized spacial score (nSPS) is 10.3.